The van der Waals surface area contributed by atoms with E-state index in [1.807, 2.05) is 0 Å². The summed E-state index contributed by atoms with van der Waals surface area (Å²) in [6.45, 7) is 0. The molecule has 256 valence electrons. The van der Waals surface area contributed by atoms with Crippen molar-refractivity contribution in [2.24, 2.45) is 23.7 Å². The summed E-state index contributed by atoms with van der Waals surface area (Å²) in [5.74, 6) is -7.60. The average Bonchev–Trinajstić information content (AvgIpc) is 3.64. The quantitative estimate of drug-likeness (QED) is 0.227. The van der Waals surface area contributed by atoms with Gasteiger partial charge < -0.3 is 0 Å². The highest BCUT2D eigenvalue weighted by atomic mass is 35.5. The summed E-state index contributed by atoms with van der Waals surface area (Å²) >= 11 is 79.0. The van der Waals surface area contributed by atoms with E-state index in [0.29, 0.717) is 6.42 Å². The van der Waals surface area contributed by atoms with Crippen molar-refractivity contribution in [2.45, 2.75) is 34.6 Å². The van der Waals surface area contributed by atoms with Crippen molar-refractivity contribution in [2.75, 3.05) is 9.80 Å². The number of halogens is 12. The molecule has 0 aromatic heterocycles. The summed E-state index contributed by atoms with van der Waals surface area (Å²) in [6, 6.07) is 13.4. The molecule has 49 heavy (non-hydrogen) atoms. The topological polar surface area (TPSA) is 74.8 Å². The molecule has 0 N–H and O–H groups in total. The molecule has 2 saturated carbocycles. The average molecular weight is 904 g/mol. The summed E-state index contributed by atoms with van der Waals surface area (Å²) in [6.07, 6.45) is 0.415. The molecule has 8 atom stereocenters. The third-order valence-corrected chi connectivity index (χ3v) is 19.1. The SMILES string of the molecule is O=C1[C@@H]2[C@@H](C(=O)N1c1ccc(Cc3ccc(N4C(=O)[C@H]5[C@H](C4=O)[C@]4(Cl)C(Cl)=C(Cl)[C@]5(Cl)C4(Cl)Cl)cc3)cc1)[C@]1(Cl)C(Cl)=C(Cl)[C@]2(Cl)C1(Cl)Cl. The zero-order valence-corrected chi connectivity index (χ0v) is 32.8. The fraction of sp³-hybridized carbons (Fsp3) is 0.355. The fourth-order valence-corrected chi connectivity index (χ4v) is 14.1. The zero-order chi connectivity index (χ0) is 35.8. The lowest BCUT2D eigenvalue weighted by Crippen LogP contribution is -2.50. The first kappa shape index (κ1) is 35.7. The van der Waals surface area contributed by atoms with Crippen LogP contribution in [0.2, 0.25) is 0 Å². The van der Waals surface area contributed by atoms with Crippen LogP contribution < -0.4 is 9.80 Å². The Morgan fingerprint density at radius 2 is 0.653 bits per heavy atom. The molecule has 8 rings (SSSR count). The van der Waals surface area contributed by atoms with E-state index in [4.69, 9.17) is 139 Å². The van der Waals surface area contributed by atoms with E-state index in [0.717, 1.165) is 20.9 Å². The minimum atomic E-state index is -2.02. The van der Waals surface area contributed by atoms with Crippen LogP contribution in [0.4, 0.5) is 11.4 Å². The van der Waals surface area contributed by atoms with Gasteiger partial charge in [-0.15, -0.1) is 46.4 Å². The Morgan fingerprint density at radius 3 is 0.878 bits per heavy atom. The smallest absolute Gasteiger partial charge is 0.240 e. The molecule has 4 bridgehead atoms. The second kappa shape index (κ2) is 10.7. The fourth-order valence-electron chi connectivity index (χ4n) is 8.26. The predicted octanol–water partition coefficient (Wildman–Crippen LogP) is 9.18. The van der Waals surface area contributed by atoms with Gasteiger partial charge in [-0.2, -0.15) is 0 Å². The maximum atomic E-state index is 13.7. The van der Waals surface area contributed by atoms with Gasteiger partial charge in [0.25, 0.3) is 0 Å². The van der Waals surface area contributed by atoms with Crippen LogP contribution in [0.25, 0.3) is 0 Å². The standard InChI is InChI=1S/C31H14Cl12N2O4/c32-18-19(33)27(37)15-14(26(18,36)30(27,40)41)22(46)44(23(15)47)12-5-1-10(2-6-12)9-11-3-7-13(8-4-11)45-24(48)16-17(25(45)49)29(39)21(35)20(34)28(16,38)31(29,42)43/h1-8,14-17H,9H2/t14-,15-,16+,17+,26-,27-,28-,29-/m0/s1. The number of allylic oxidation sites excluding steroid dienone is 4. The van der Waals surface area contributed by atoms with Crippen LogP contribution in [0.3, 0.4) is 0 Å². The first-order valence-corrected chi connectivity index (χ1v) is 18.8. The number of hydrogen-bond donors (Lipinski definition) is 0. The van der Waals surface area contributed by atoms with Crippen molar-refractivity contribution >= 4 is 174 Å². The normalized spacial score (nSPS) is 39.7. The molecular formula is C31H14Cl12N2O4. The van der Waals surface area contributed by atoms with Gasteiger partial charge in [0.15, 0.2) is 8.67 Å². The lowest BCUT2D eigenvalue weighted by atomic mass is 9.84. The van der Waals surface area contributed by atoms with Crippen LogP contribution in [0.1, 0.15) is 11.1 Å². The maximum Gasteiger partial charge on any atom is 0.240 e. The van der Waals surface area contributed by atoms with E-state index in [1.54, 1.807) is 48.5 Å². The van der Waals surface area contributed by atoms with Gasteiger partial charge >= 0.3 is 0 Å². The molecule has 0 unspecified atom stereocenters. The van der Waals surface area contributed by atoms with Crippen molar-refractivity contribution in [1.29, 1.82) is 0 Å². The van der Waals surface area contributed by atoms with E-state index < -0.39 is 75.5 Å². The van der Waals surface area contributed by atoms with Crippen molar-refractivity contribution in [3.05, 3.63) is 79.8 Å². The highest BCUT2D eigenvalue weighted by Crippen LogP contribution is 2.79. The van der Waals surface area contributed by atoms with E-state index in [-0.39, 0.29) is 31.5 Å². The minimum Gasteiger partial charge on any atom is -0.274 e. The van der Waals surface area contributed by atoms with E-state index in [2.05, 4.69) is 0 Å². The van der Waals surface area contributed by atoms with Gasteiger partial charge in [0.1, 0.15) is 19.5 Å². The molecule has 2 aromatic carbocycles. The van der Waals surface area contributed by atoms with Crippen LogP contribution in [-0.4, -0.2) is 51.8 Å². The highest BCUT2D eigenvalue weighted by Gasteiger charge is 2.89. The number of amides is 4. The van der Waals surface area contributed by atoms with Gasteiger partial charge in [0.05, 0.1) is 55.2 Å². The molecular weight excluding hydrogens is 890 g/mol. The largest absolute Gasteiger partial charge is 0.274 e. The third-order valence-electron chi connectivity index (χ3n) is 10.6. The van der Waals surface area contributed by atoms with Crippen LogP contribution in [0, 0.1) is 23.7 Å². The molecule has 0 spiro atoms. The molecule has 4 fully saturated rings. The molecule has 2 aliphatic heterocycles. The second-order valence-corrected chi connectivity index (χ2v) is 19.2. The molecule has 4 aliphatic carbocycles. The second-order valence-electron chi connectivity index (χ2n) is 12.7. The van der Waals surface area contributed by atoms with E-state index in [9.17, 15) is 19.2 Å². The minimum absolute atomic E-state index is 0.167. The number of carbonyl (C=O) groups is 4. The van der Waals surface area contributed by atoms with Crippen LogP contribution >= 0.6 is 139 Å². The lowest BCUT2D eigenvalue weighted by molar-refractivity contribution is -0.124. The van der Waals surface area contributed by atoms with Crippen molar-refractivity contribution in [3.8, 4) is 0 Å². The van der Waals surface area contributed by atoms with E-state index in [1.165, 1.54) is 0 Å². The molecule has 2 heterocycles. The zero-order valence-electron chi connectivity index (χ0n) is 23.7. The number of benzene rings is 2. The number of anilines is 2. The number of rotatable bonds is 4. The van der Waals surface area contributed by atoms with Gasteiger partial charge in [0.2, 0.25) is 23.6 Å². The van der Waals surface area contributed by atoms with Crippen molar-refractivity contribution in [3.63, 3.8) is 0 Å². The van der Waals surface area contributed by atoms with Crippen LogP contribution in [0.15, 0.2) is 68.7 Å². The number of alkyl halides is 8. The monoisotopic (exact) mass is 898 g/mol. The molecule has 0 radical (unpaired) electrons. The van der Waals surface area contributed by atoms with Crippen molar-refractivity contribution < 1.29 is 19.2 Å². The number of fused-ring (bicyclic) bond motifs is 10. The first-order chi connectivity index (χ1) is 22.7. The molecule has 4 amide bonds. The Hall–Kier alpha value is -0.320. The lowest BCUT2D eigenvalue weighted by Gasteiger charge is -2.34. The summed E-state index contributed by atoms with van der Waals surface area (Å²) in [4.78, 5) is 49.0. The molecule has 2 aromatic rings. The third kappa shape index (κ3) is 3.71. The highest BCUT2D eigenvalue weighted by molar-refractivity contribution is 6.68. The van der Waals surface area contributed by atoms with Crippen LogP contribution in [-0.2, 0) is 25.6 Å². The molecule has 6 aliphatic rings. The van der Waals surface area contributed by atoms with Gasteiger partial charge in [0, 0.05) is 0 Å². The van der Waals surface area contributed by atoms with E-state index >= 15 is 0 Å². The summed E-state index contributed by atoms with van der Waals surface area (Å²) in [5.41, 5.74) is 2.18. The Labute approximate surface area is 338 Å². The molecule has 6 nitrogen and oxygen atoms in total. The first-order valence-electron chi connectivity index (χ1n) is 14.3. The molecule has 18 heteroatoms. The number of nitrogens with zero attached hydrogens (tertiary/aromatic N) is 2. The predicted molar refractivity (Wildman–Crippen MR) is 195 cm³/mol. The van der Waals surface area contributed by atoms with Gasteiger partial charge in [-0.3, -0.25) is 19.2 Å². The number of hydrogen-bond acceptors (Lipinski definition) is 4. The van der Waals surface area contributed by atoms with Crippen molar-refractivity contribution in [1.82, 2.24) is 0 Å². The summed E-state index contributed by atoms with van der Waals surface area (Å²) < 4.78 is -4.04. The Bertz CT molecular complexity index is 1800. The Kier molecular flexibility index (Phi) is 7.77. The van der Waals surface area contributed by atoms with Crippen LogP contribution in [0.5, 0.6) is 0 Å². The Balaban J connectivity index is 1.01. The van der Waals surface area contributed by atoms with Gasteiger partial charge in [-0.25, -0.2) is 9.80 Å². The number of carbonyl (C=O) groups excluding carboxylic acids is 4. The summed E-state index contributed by atoms with van der Waals surface area (Å²) in [7, 11) is 0. The Morgan fingerprint density at radius 1 is 0.429 bits per heavy atom. The number of imide groups is 2. The summed E-state index contributed by atoms with van der Waals surface area (Å²) in [5, 5.41) is -0.670. The maximum absolute atomic E-state index is 13.7. The van der Waals surface area contributed by atoms with Gasteiger partial charge in [-0.05, 0) is 41.8 Å². The van der Waals surface area contributed by atoms with Gasteiger partial charge in [-0.1, -0.05) is 117 Å². The molecule has 2 saturated heterocycles.